The second kappa shape index (κ2) is 12.0. The maximum atomic E-state index is 13.1. The second-order valence-corrected chi connectivity index (χ2v) is 8.00. The van der Waals surface area contributed by atoms with Crippen molar-refractivity contribution in [2.24, 2.45) is 0 Å². The van der Waals surface area contributed by atoms with Gasteiger partial charge in [0.1, 0.15) is 11.8 Å². The molecule has 2 N–H and O–H groups in total. The predicted octanol–water partition coefficient (Wildman–Crippen LogP) is 3.62. The SMILES string of the molecule is CC(=O)CCCCC[C@@H](C(=O)Nc1cnc2ccccc2c1)N(CCN(C)C)C(=O)O. The third-order valence-corrected chi connectivity index (χ3v) is 5.08. The zero-order chi connectivity index (χ0) is 22.8. The quantitative estimate of drug-likeness (QED) is 0.501. The Labute approximate surface area is 183 Å². The van der Waals surface area contributed by atoms with E-state index in [4.69, 9.17) is 0 Å². The molecule has 8 heteroatoms. The second-order valence-electron chi connectivity index (χ2n) is 8.00. The number of ketones is 1. The van der Waals surface area contributed by atoms with Crippen LogP contribution in [-0.4, -0.2) is 70.9 Å². The number of unbranched alkanes of at least 4 members (excludes halogenated alkanes) is 2. The van der Waals surface area contributed by atoms with E-state index in [1.807, 2.05) is 49.3 Å². The summed E-state index contributed by atoms with van der Waals surface area (Å²) in [5, 5.41) is 13.5. The molecule has 0 spiro atoms. The number of hydrogen-bond donors (Lipinski definition) is 2. The van der Waals surface area contributed by atoms with Crippen molar-refractivity contribution in [3.8, 4) is 0 Å². The molecule has 8 nitrogen and oxygen atoms in total. The molecule has 1 heterocycles. The molecule has 0 radical (unpaired) electrons. The number of benzene rings is 1. The van der Waals surface area contributed by atoms with Gasteiger partial charge in [0.15, 0.2) is 0 Å². The van der Waals surface area contributed by atoms with Crippen molar-refractivity contribution in [1.82, 2.24) is 14.8 Å². The Bertz CT molecular complexity index is 900. The van der Waals surface area contributed by atoms with Gasteiger partial charge in [0.25, 0.3) is 0 Å². The van der Waals surface area contributed by atoms with E-state index in [1.165, 1.54) is 4.90 Å². The van der Waals surface area contributed by atoms with E-state index in [0.29, 0.717) is 31.5 Å². The molecule has 0 aliphatic rings. The van der Waals surface area contributed by atoms with Crippen molar-refractivity contribution in [2.75, 3.05) is 32.5 Å². The van der Waals surface area contributed by atoms with E-state index >= 15 is 0 Å². The molecule has 1 aromatic carbocycles. The molecule has 2 rings (SSSR count). The van der Waals surface area contributed by atoms with Gasteiger partial charge in [-0.3, -0.25) is 14.7 Å². The highest BCUT2D eigenvalue weighted by molar-refractivity contribution is 5.97. The number of hydrogen-bond acceptors (Lipinski definition) is 5. The van der Waals surface area contributed by atoms with Crippen LogP contribution in [-0.2, 0) is 9.59 Å². The number of rotatable bonds is 12. The molecule has 0 bridgehead atoms. The lowest BCUT2D eigenvalue weighted by atomic mass is 10.0. The number of anilines is 1. The minimum atomic E-state index is -1.12. The van der Waals surface area contributed by atoms with Gasteiger partial charge in [0.05, 0.1) is 17.4 Å². The number of nitrogens with zero attached hydrogens (tertiary/aromatic N) is 3. The molecule has 1 aromatic heterocycles. The molecular formula is C23H32N4O4. The minimum absolute atomic E-state index is 0.135. The molecule has 0 aliphatic heterocycles. The van der Waals surface area contributed by atoms with Gasteiger partial charge in [-0.1, -0.05) is 31.0 Å². The number of amides is 2. The number of carbonyl (C=O) groups excluding carboxylic acids is 2. The summed E-state index contributed by atoms with van der Waals surface area (Å²) in [7, 11) is 3.72. The third-order valence-electron chi connectivity index (χ3n) is 5.08. The molecule has 31 heavy (non-hydrogen) atoms. The van der Waals surface area contributed by atoms with E-state index in [-0.39, 0.29) is 18.2 Å². The van der Waals surface area contributed by atoms with Crippen LogP contribution in [0, 0.1) is 0 Å². The van der Waals surface area contributed by atoms with Crippen molar-refractivity contribution >= 4 is 34.4 Å². The topological polar surface area (TPSA) is 103 Å². The highest BCUT2D eigenvalue weighted by Crippen LogP contribution is 2.19. The number of fused-ring (bicyclic) bond motifs is 1. The van der Waals surface area contributed by atoms with Crippen molar-refractivity contribution < 1.29 is 19.5 Å². The van der Waals surface area contributed by atoms with E-state index in [9.17, 15) is 19.5 Å². The van der Waals surface area contributed by atoms with Gasteiger partial charge in [-0.15, -0.1) is 0 Å². The lowest BCUT2D eigenvalue weighted by Gasteiger charge is -2.29. The molecule has 168 valence electrons. The van der Waals surface area contributed by atoms with E-state index in [2.05, 4.69) is 10.3 Å². The Morgan fingerprint density at radius 1 is 1.10 bits per heavy atom. The average molecular weight is 429 g/mol. The molecule has 0 unspecified atom stereocenters. The number of Topliss-reactive ketones (excluding diaryl/α,β-unsaturated/α-hetero) is 1. The Hall–Kier alpha value is -3.00. The van der Waals surface area contributed by atoms with Crippen LogP contribution in [0.5, 0.6) is 0 Å². The first kappa shape index (κ1) is 24.3. The van der Waals surface area contributed by atoms with Crippen LogP contribution in [0.4, 0.5) is 10.5 Å². The van der Waals surface area contributed by atoms with Crippen LogP contribution in [0.1, 0.15) is 39.0 Å². The number of nitrogens with one attached hydrogen (secondary N) is 1. The van der Waals surface area contributed by atoms with Crippen LogP contribution in [0.25, 0.3) is 10.9 Å². The minimum Gasteiger partial charge on any atom is -0.465 e. The lowest BCUT2D eigenvalue weighted by Crippen LogP contribution is -2.49. The average Bonchev–Trinajstić information content (AvgIpc) is 2.71. The fourth-order valence-electron chi connectivity index (χ4n) is 3.37. The highest BCUT2D eigenvalue weighted by atomic mass is 16.4. The Kier molecular flexibility index (Phi) is 9.40. The van der Waals surface area contributed by atoms with Gasteiger partial charge in [0.2, 0.25) is 5.91 Å². The van der Waals surface area contributed by atoms with Crippen molar-refractivity contribution in [1.29, 1.82) is 0 Å². The van der Waals surface area contributed by atoms with Gasteiger partial charge >= 0.3 is 6.09 Å². The van der Waals surface area contributed by atoms with Gasteiger partial charge in [-0.05, 0) is 46.0 Å². The number of para-hydroxylation sites is 1. The van der Waals surface area contributed by atoms with E-state index in [0.717, 1.165) is 23.7 Å². The smallest absolute Gasteiger partial charge is 0.408 e. The summed E-state index contributed by atoms with van der Waals surface area (Å²) in [5.41, 5.74) is 1.35. The molecule has 0 saturated heterocycles. The van der Waals surface area contributed by atoms with Gasteiger partial charge < -0.3 is 20.1 Å². The first-order valence-corrected chi connectivity index (χ1v) is 10.6. The Morgan fingerprint density at radius 3 is 2.52 bits per heavy atom. The molecule has 0 saturated carbocycles. The zero-order valence-electron chi connectivity index (χ0n) is 18.5. The molecule has 0 aliphatic carbocycles. The monoisotopic (exact) mass is 428 g/mol. The van der Waals surface area contributed by atoms with Gasteiger partial charge in [-0.25, -0.2) is 4.79 Å². The molecule has 0 fully saturated rings. The van der Waals surface area contributed by atoms with Crippen LogP contribution in [0.3, 0.4) is 0 Å². The summed E-state index contributed by atoms with van der Waals surface area (Å²) in [6, 6.07) is 8.59. The highest BCUT2D eigenvalue weighted by Gasteiger charge is 2.29. The zero-order valence-corrected chi connectivity index (χ0v) is 18.5. The molecule has 2 amide bonds. The number of aromatic nitrogens is 1. The molecule has 2 aromatic rings. The van der Waals surface area contributed by atoms with E-state index < -0.39 is 12.1 Å². The summed E-state index contributed by atoms with van der Waals surface area (Å²) in [6.07, 6.45) is 3.52. The summed E-state index contributed by atoms with van der Waals surface area (Å²) in [5.74, 6) is -0.235. The number of carboxylic acid groups (broad SMARTS) is 1. The first-order chi connectivity index (χ1) is 14.8. The van der Waals surface area contributed by atoms with Gasteiger partial charge in [-0.2, -0.15) is 0 Å². The summed E-state index contributed by atoms with van der Waals surface area (Å²) in [6.45, 7) is 2.29. The predicted molar refractivity (Wildman–Crippen MR) is 121 cm³/mol. The maximum Gasteiger partial charge on any atom is 0.408 e. The number of carbonyl (C=O) groups is 3. The third kappa shape index (κ3) is 7.97. The molecule has 1 atom stereocenters. The Morgan fingerprint density at radius 2 is 1.84 bits per heavy atom. The fourth-order valence-corrected chi connectivity index (χ4v) is 3.37. The first-order valence-electron chi connectivity index (χ1n) is 10.6. The van der Waals surface area contributed by atoms with Gasteiger partial charge in [0, 0.05) is 24.9 Å². The van der Waals surface area contributed by atoms with Crippen LogP contribution in [0.15, 0.2) is 36.5 Å². The fraction of sp³-hybridized carbons (Fsp3) is 0.478. The van der Waals surface area contributed by atoms with Crippen molar-refractivity contribution in [3.63, 3.8) is 0 Å². The van der Waals surface area contributed by atoms with Crippen molar-refractivity contribution in [3.05, 3.63) is 36.5 Å². The summed E-state index contributed by atoms with van der Waals surface area (Å²) >= 11 is 0. The summed E-state index contributed by atoms with van der Waals surface area (Å²) in [4.78, 5) is 43.6. The van der Waals surface area contributed by atoms with Crippen molar-refractivity contribution in [2.45, 2.75) is 45.1 Å². The molecular weight excluding hydrogens is 396 g/mol. The summed E-state index contributed by atoms with van der Waals surface area (Å²) < 4.78 is 0. The van der Waals surface area contributed by atoms with E-state index in [1.54, 1.807) is 13.1 Å². The number of pyridine rings is 1. The normalized spacial score (nSPS) is 12.0. The number of likely N-dealkylation sites (N-methyl/N-ethyl adjacent to an activating group) is 1. The maximum absolute atomic E-state index is 13.1. The van der Waals surface area contributed by atoms with Crippen LogP contribution in [0.2, 0.25) is 0 Å². The van der Waals surface area contributed by atoms with Crippen LogP contribution < -0.4 is 5.32 Å². The van der Waals surface area contributed by atoms with Crippen LogP contribution >= 0.6 is 0 Å². The lowest BCUT2D eigenvalue weighted by molar-refractivity contribution is -0.121. The largest absolute Gasteiger partial charge is 0.465 e. The Balaban J connectivity index is 2.13. The standard InChI is InChI=1S/C23H32N4O4/c1-17(28)9-5-4-6-12-21(27(23(30)31)14-13-26(2)3)22(29)25-19-15-18-10-7-8-11-20(18)24-16-19/h7-8,10-11,15-16,21H,4-6,9,12-14H2,1-3H3,(H,25,29)(H,30,31)/t21-/m0/s1.